The van der Waals surface area contributed by atoms with Gasteiger partial charge in [0.1, 0.15) is 11.4 Å². The highest BCUT2D eigenvalue weighted by molar-refractivity contribution is 5.94. The molecule has 2 bridgehead atoms. The predicted octanol–water partition coefficient (Wildman–Crippen LogP) is 4.76. The van der Waals surface area contributed by atoms with Gasteiger partial charge in [0.2, 0.25) is 11.9 Å². The highest BCUT2D eigenvalue weighted by Crippen LogP contribution is 2.47. The molecule has 1 aliphatic heterocycles. The Morgan fingerprint density at radius 1 is 1.02 bits per heavy atom. The molecule has 3 saturated carbocycles. The van der Waals surface area contributed by atoms with E-state index in [0.717, 1.165) is 57.8 Å². The van der Waals surface area contributed by atoms with E-state index in [9.17, 15) is 22.8 Å². The molecule has 2 aromatic rings. The van der Waals surface area contributed by atoms with Crippen molar-refractivity contribution < 1.29 is 22.8 Å². The van der Waals surface area contributed by atoms with Gasteiger partial charge in [0.05, 0.1) is 5.92 Å². The van der Waals surface area contributed by atoms with Gasteiger partial charge in [-0.15, -0.1) is 0 Å². The highest BCUT2D eigenvalue weighted by Gasteiger charge is 2.48. The molecule has 1 saturated heterocycles. The topological polar surface area (TPSA) is 102 Å². The summed E-state index contributed by atoms with van der Waals surface area (Å²) in [4.78, 5) is 38.2. The predicted molar refractivity (Wildman–Crippen MR) is 154 cm³/mol. The molecule has 0 spiro atoms. The summed E-state index contributed by atoms with van der Waals surface area (Å²) >= 11 is 0. The number of nitrogens with one attached hydrogen (secondary N) is 3. The first-order valence-corrected chi connectivity index (χ1v) is 14.9. The first-order valence-electron chi connectivity index (χ1n) is 14.9. The van der Waals surface area contributed by atoms with Crippen LogP contribution in [-0.4, -0.2) is 77.4 Å². The van der Waals surface area contributed by atoms with Crippen LogP contribution in [0.1, 0.15) is 61.4 Å². The molecule has 9 nitrogen and oxygen atoms in total. The van der Waals surface area contributed by atoms with E-state index in [2.05, 4.69) is 37.9 Å². The van der Waals surface area contributed by atoms with E-state index in [-0.39, 0.29) is 41.5 Å². The summed E-state index contributed by atoms with van der Waals surface area (Å²) in [6.07, 6.45) is 1.49. The van der Waals surface area contributed by atoms with Gasteiger partial charge < -0.3 is 25.8 Å². The van der Waals surface area contributed by atoms with Crippen molar-refractivity contribution in [2.75, 3.05) is 44.4 Å². The third-order valence-corrected chi connectivity index (χ3v) is 9.21. The molecule has 228 valence electrons. The molecule has 1 aromatic carbocycles. The maximum Gasteiger partial charge on any atom is 0.421 e. The lowest BCUT2D eigenvalue weighted by Gasteiger charge is -2.48. The van der Waals surface area contributed by atoms with Crippen LogP contribution in [-0.2, 0) is 11.0 Å². The highest BCUT2D eigenvalue weighted by atomic mass is 19.4. The fourth-order valence-corrected chi connectivity index (χ4v) is 6.82. The largest absolute Gasteiger partial charge is 0.421 e. The van der Waals surface area contributed by atoms with Crippen LogP contribution < -0.4 is 16.0 Å². The second kappa shape index (κ2) is 12.4. The maximum atomic E-state index is 14.0. The zero-order valence-electron chi connectivity index (χ0n) is 24.4. The Balaban J connectivity index is 1.33. The normalized spacial score (nSPS) is 24.7. The molecule has 6 rings (SSSR count). The Morgan fingerprint density at radius 2 is 1.67 bits per heavy atom. The van der Waals surface area contributed by atoms with Crippen LogP contribution in [0.4, 0.5) is 30.6 Å². The van der Waals surface area contributed by atoms with Crippen molar-refractivity contribution >= 4 is 29.3 Å². The van der Waals surface area contributed by atoms with E-state index in [1.807, 2.05) is 14.0 Å². The van der Waals surface area contributed by atoms with Crippen LogP contribution in [0.25, 0.3) is 0 Å². The zero-order valence-corrected chi connectivity index (χ0v) is 24.4. The number of aromatic nitrogens is 2. The van der Waals surface area contributed by atoms with Gasteiger partial charge in [-0.2, -0.15) is 18.2 Å². The zero-order chi connectivity index (χ0) is 30.0. The summed E-state index contributed by atoms with van der Waals surface area (Å²) in [7, 11) is 3.90. The number of likely N-dealkylation sites (tertiary alicyclic amines) is 1. The van der Waals surface area contributed by atoms with Gasteiger partial charge in [-0.05, 0) is 102 Å². The quantitative estimate of drug-likeness (QED) is 0.410. The molecule has 1 unspecified atom stereocenters. The van der Waals surface area contributed by atoms with E-state index in [0.29, 0.717) is 17.8 Å². The molecule has 2 atom stereocenters. The molecule has 3 N–H and O–H groups in total. The Kier molecular flexibility index (Phi) is 8.91. The third-order valence-electron chi connectivity index (χ3n) is 9.21. The second-order valence-electron chi connectivity index (χ2n) is 11.9. The Bertz CT molecular complexity index is 1260. The first-order chi connectivity index (χ1) is 20.0. The van der Waals surface area contributed by atoms with Gasteiger partial charge in [-0.25, -0.2) is 4.98 Å². The minimum Gasteiger partial charge on any atom is -0.366 e. The molecular formula is C30H40F3N7O2. The number of piperidine rings is 1. The van der Waals surface area contributed by atoms with Crippen molar-refractivity contribution in [1.29, 1.82) is 0 Å². The molecule has 2 amide bonds. The smallest absolute Gasteiger partial charge is 0.366 e. The summed E-state index contributed by atoms with van der Waals surface area (Å²) in [5.74, 6) is -0.733. The number of carbonyl (C=O) groups is 2. The summed E-state index contributed by atoms with van der Waals surface area (Å²) in [6.45, 7) is 4.20. The molecule has 3 aliphatic carbocycles. The minimum atomic E-state index is -4.67. The molecule has 12 heteroatoms. The molecule has 4 fully saturated rings. The summed E-state index contributed by atoms with van der Waals surface area (Å²) in [6, 6.07) is 6.50. The number of hydrogen-bond acceptors (Lipinski definition) is 7. The van der Waals surface area contributed by atoms with Crippen molar-refractivity contribution in [1.82, 2.24) is 25.1 Å². The van der Waals surface area contributed by atoms with Crippen molar-refractivity contribution in [3.63, 3.8) is 0 Å². The number of nitrogens with zero attached hydrogens (tertiary/aromatic N) is 4. The van der Waals surface area contributed by atoms with Gasteiger partial charge in [0, 0.05) is 43.1 Å². The summed E-state index contributed by atoms with van der Waals surface area (Å²) in [5, 5.41) is 8.89. The van der Waals surface area contributed by atoms with Crippen LogP contribution in [0.15, 0.2) is 30.5 Å². The number of hydrogen-bond donors (Lipinski definition) is 3. The van der Waals surface area contributed by atoms with Crippen LogP contribution in [0.3, 0.4) is 0 Å². The number of halogens is 3. The van der Waals surface area contributed by atoms with Crippen LogP contribution >= 0.6 is 0 Å². The fourth-order valence-electron chi connectivity index (χ4n) is 6.82. The lowest BCUT2D eigenvalue weighted by Crippen LogP contribution is -2.54. The molecule has 42 heavy (non-hydrogen) atoms. The Labute approximate surface area is 244 Å². The molecule has 1 aromatic heterocycles. The summed E-state index contributed by atoms with van der Waals surface area (Å²) in [5.41, 5.74) is 0.0968. The Morgan fingerprint density at radius 3 is 2.29 bits per heavy atom. The molecular weight excluding hydrogens is 547 g/mol. The van der Waals surface area contributed by atoms with E-state index < -0.39 is 23.7 Å². The monoisotopic (exact) mass is 587 g/mol. The number of alkyl halides is 3. The van der Waals surface area contributed by atoms with Gasteiger partial charge >= 0.3 is 6.18 Å². The maximum absolute atomic E-state index is 14.0. The lowest BCUT2D eigenvalue weighted by molar-refractivity contribution is -0.137. The van der Waals surface area contributed by atoms with Crippen molar-refractivity contribution in [2.24, 2.45) is 17.8 Å². The van der Waals surface area contributed by atoms with E-state index in [1.165, 1.54) is 0 Å². The van der Waals surface area contributed by atoms with Crippen molar-refractivity contribution in [2.45, 2.75) is 63.7 Å². The first kappa shape index (κ1) is 30.1. The minimum absolute atomic E-state index is 0.0106. The Hall–Kier alpha value is -3.41. The van der Waals surface area contributed by atoms with Crippen LogP contribution in [0.5, 0.6) is 0 Å². The summed E-state index contributed by atoms with van der Waals surface area (Å²) < 4.78 is 42.0. The molecule has 0 radical (unpaired) electrons. The number of anilines is 3. The van der Waals surface area contributed by atoms with Crippen LogP contribution in [0, 0.1) is 17.8 Å². The van der Waals surface area contributed by atoms with Crippen molar-refractivity contribution in [3.8, 4) is 0 Å². The van der Waals surface area contributed by atoms with E-state index in [4.69, 9.17) is 0 Å². The molecule has 4 aliphatic rings. The van der Waals surface area contributed by atoms with Gasteiger partial charge in [0.25, 0.3) is 5.91 Å². The van der Waals surface area contributed by atoms with E-state index >= 15 is 0 Å². The number of rotatable bonds is 8. The van der Waals surface area contributed by atoms with Crippen molar-refractivity contribution in [3.05, 3.63) is 41.6 Å². The number of amides is 2. The second-order valence-corrected chi connectivity index (χ2v) is 11.9. The van der Waals surface area contributed by atoms with Gasteiger partial charge in [0.15, 0.2) is 0 Å². The van der Waals surface area contributed by atoms with Crippen LogP contribution in [0.2, 0.25) is 0 Å². The number of fused-ring (bicyclic) bond motifs is 3. The average Bonchev–Trinajstić information content (AvgIpc) is 2.97. The average molecular weight is 588 g/mol. The fraction of sp³-hybridized carbons (Fsp3) is 0.600. The SMILES string of the molecule is CCNC(=O)C1C2CCC(CC2)[C@H]1Nc1nc(Nc2ccc(C(=O)N(C)C3CCN(C)CC3)cc2)ncc1C(F)(F)F. The molecule has 2 heterocycles. The standard InChI is InChI=1S/C30H40F3N7O2/c1-4-34-27(41)24-18-5-7-19(8-6-18)25(24)37-26-23(30(31,32)33)17-35-29(38-26)36-21-11-9-20(10-12-21)28(42)40(3)22-13-15-39(2)16-14-22/h9-12,17-19,22,24-25H,4-8,13-16H2,1-3H3,(H,34,41)(H2,35,36,37,38)/t18?,19?,24?,25-/m1/s1. The van der Waals surface area contributed by atoms with Gasteiger partial charge in [-0.1, -0.05) is 0 Å². The third kappa shape index (κ3) is 6.48. The number of benzene rings is 1. The number of carbonyl (C=O) groups excluding carboxylic acids is 2. The lowest BCUT2D eigenvalue weighted by atomic mass is 9.61. The van der Waals surface area contributed by atoms with Gasteiger partial charge in [-0.3, -0.25) is 9.59 Å². The van der Waals surface area contributed by atoms with E-state index in [1.54, 1.807) is 29.2 Å².